The van der Waals surface area contributed by atoms with Crippen LogP contribution < -0.4 is 0 Å². The molecule has 0 bridgehead atoms. The largest absolute Gasteiger partial charge is 0.391 e. The van der Waals surface area contributed by atoms with E-state index in [2.05, 4.69) is 32.6 Å². The van der Waals surface area contributed by atoms with Crippen LogP contribution in [0.3, 0.4) is 0 Å². The standard InChI is InChI=1S/C16H29NO4/c1-14(2)10-17(11-15(3,4)21-14)12-9-16(6-5-13(12)18)19-7-8-20-16/h12-13,18H,5-11H2,1-4H3. The van der Waals surface area contributed by atoms with Crippen LogP contribution in [0.1, 0.15) is 47.0 Å². The third-order valence-electron chi connectivity index (χ3n) is 4.79. The van der Waals surface area contributed by atoms with Crippen molar-refractivity contribution in [1.29, 1.82) is 0 Å². The van der Waals surface area contributed by atoms with Crippen LogP contribution in [0.5, 0.6) is 0 Å². The van der Waals surface area contributed by atoms with Gasteiger partial charge in [0.25, 0.3) is 0 Å². The fourth-order valence-electron chi connectivity index (χ4n) is 4.33. The normalized spacial score (nSPS) is 38.7. The van der Waals surface area contributed by atoms with E-state index in [9.17, 15) is 5.11 Å². The summed E-state index contributed by atoms with van der Waals surface area (Å²) in [5, 5.41) is 10.5. The van der Waals surface area contributed by atoms with E-state index in [1.165, 1.54) is 0 Å². The van der Waals surface area contributed by atoms with Crippen molar-refractivity contribution in [3.05, 3.63) is 0 Å². The van der Waals surface area contributed by atoms with Crippen LogP contribution in [0.4, 0.5) is 0 Å². The molecule has 2 saturated heterocycles. The number of aliphatic hydroxyl groups excluding tert-OH is 1. The summed E-state index contributed by atoms with van der Waals surface area (Å²) in [6.07, 6.45) is 1.97. The monoisotopic (exact) mass is 299 g/mol. The Morgan fingerprint density at radius 1 is 1.00 bits per heavy atom. The van der Waals surface area contributed by atoms with Crippen molar-refractivity contribution in [1.82, 2.24) is 4.90 Å². The van der Waals surface area contributed by atoms with E-state index in [1.807, 2.05) is 0 Å². The first kappa shape index (κ1) is 15.7. The molecule has 0 amide bonds. The summed E-state index contributed by atoms with van der Waals surface area (Å²) in [6, 6.07) is 0.0827. The zero-order chi connectivity index (χ0) is 15.3. The molecule has 3 aliphatic rings. The number of ether oxygens (including phenoxy) is 3. The Bertz CT molecular complexity index is 374. The molecule has 3 rings (SSSR count). The lowest BCUT2D eigenvalue weighted by Gasteiger charge is -2.52. The molecule has 1 saturated carbocycles. The molecule has 122 valence electrons. The van der Waals surface area contributed by atoms with Crippen LogP contribution in [-0.2, 0) is 14.2 Å². The van der Waals surface area contributed by atoms with Gasteiger partial charge in [-0.05, 0) is 34.1 Å². The minimum absolute atomic E-state index is 0.0827. The zero-order valence-corrected chi connectivity index (χ0v) is 13.7. The van der Waals surface area contributed by atoms with E-state index < -0.39 is 5.79 Å². The molecule has 2 atom stereocenters. The summed E-state index contributed by atoms with van der Waals surface area (Å²) >= 11 is 0. The van der Waals surface area contributed by atoms with Crippen LogP contribution in [0, 0.1) is 0 Å². The molecule has 21 heavy (non-hydrogen) atoms. The molecule has 1 spiro atoms. The lowest BCUT2D eigenvalue weighted by Crippen LogP contribution is -2.64. The molecule has 2 aliphatic heterocycles. The number of aliphatic hydroxyl groups is 1. The van der Waals surface area contributed by atoms with Gasteiger partial charge in [-0.1, -0.05) is 0 Å². The van der Waals surface area contributed by atoms with Gasteiger partial charge in [0.2, 0.25) is 0 Å². The minimum atomic E-state index is -0.462. The van der Waals surface area contributed by atoms with Crippen LogP contribution >= 0.6 is 0 Å². The number of rotatable bonds is 1. The maximum absolute atomic E-state index is 10.5. The second-order valence-corrected chi connectivity index (χ2v) is 8.01. The fourth-order valence-corrected chi connectivity index (χ4v) is 4.33. The van der Waals surface area contributed by atoms with Gasteiger partial charge in [-0.25, -0.2) is 0 Å². The van der Waals surface area contributed by atoms with Crippen molar-refractivity contribution in [3.8, 4) is 0 Å². The van der Waals surface area contributed by atoms with Gasteiger partial charge in [-0.3, -0.25) is 4.90 Å². The first-order valence-electron chi connectivity index (χ1n) is 8.11. The van der Waals surface area contributed by atoms with Gasteiger partial charge in [0.05, 0.1) is 30.5 Å². The van der Waals surface area contributed by atoms with Crippen LogP contribution in [0.2, 0.25) is 0 Å². The Kier molecular flexibility index (Phi) is 3.86. The summed E-state index contributed by atoms with van der Waals surface area (Å²) in [5.74, 6) is -0.462. The first-order valence-corrected chi connectivity index (χ1v) is 8.11. The van der Waals surface area contributed by atoms with Gasteiger partial charge in [0.1, 0.15) is 0 Å². The highest BCUT2D eigenvalue weighted by Crippen LogP contribution is 2.40. The van der Waals surface area contributed by atoms with Crippen LogP contribution in [0.15, 0.2) is 0 Å². The summed E-state index contributed by atoms with van der Waals surface area (Å²) in [7, 11) is 0. The third-order valence-corrected chi connectivity index (χ3v) is 4.79. The average Bonchev–Trinajstić information content (AvgIpc) is 2.77. The second-order valence-electron chi connectivity index (χ2n) is 8.01. The topological polar surface area (TPSA) is 51.2 Å². The molecule has 0 aromatic carbocycles. The van der Waals surface area contributed by atoms with Crippen molar-refractivity contribution in [2.75, 3.05) is 26.3 Å². The van der Waals surface area contributed by atoms with E-state index in [0.717, 1.165) is 32.4 Å². The molecule has 5 heteroatoms. The van der Waals surface area contributed by atoms with Gasteiger partial charge in [0, 0.05) is 32.0 Å². The van der Waals surface area contributed by atoms with Crippen LogP contribution in [0.25, 0.3) is 0 Å². The second kappa shape index (κ2) is 5.17. The van der Waals surface area contributed by atoms with E-state index in [0.29, 0.717) is 13.2 Å². The Labute approximate surface area is 127 Å². The lowest BCUT2D eigenvalue weighted by atomic mass is 9.84. The summed E-state index contributed by atoms with van der Waals surface area (Å²) in [4.78, 5) is 2.38. The molecule has 3 fully saturated rings. The van der Waals surface area contributed by atoms with E-state index in [4.69, 9.17) is 14.2 Å². The van der Waals surface area contributed by atoms with Crippen molar-refractivity contribution in [2.24, 2.45) is 0 Å². The first-order chi connectivity index (χ1) is 9.71. The van der Waals surface area contributed by atoms with Crippen molar-refractivity contribution in [2.45, 2.75) is 76.1 Å². The highest BCUT2D eigenvalue weighted by Gasteiger charge is 2.49. The molecule has 2 heterocycles. The molecule has 5 nitrogen and oxygen atoms in total. The molecular weight excluding hydrogens is 270 g/mol. The van der Waals surface area contributed by atoms with Crippen molar-refractivity contribution >= 4 is 0 Å². The zero-order valence-electron chi connectivity index (χ0n) is 13.7. The van der Waals surface area contributed by atoms with E-state index >= 15 is 0 Å². The number of hydrogen-bond acceptors (Lipinski definition) is 5. The Balaban J connectivity index is 1.77. The number of hydrogen-bond donors (Lipinski definition) is 1. The lowest BCUT2D eigenvalue weighted by molar-refractivity contribution is -0.232. The summed E-state index contributed by atoms with van der Waals surface area (Å²) in [5.41, 5.74) is -0.410. The summed E-state index contributed by atoms with van der Waals surface area (Å²) in [6.45, 7) is 11.5. The SMILES string of the molecule is CC1(C)CN(C2CC3(CCC2O)OCCO3)CC(C)(C)O1. The molecule has 0 aromatic rings. The van der Waals surface area contributed by atoms with Gasteiger partial charge in [-0.15, -0.1) is 0 Å². The van der Waals surface area contributed by atoms with Gasteiger partial charge in [-0.2, -0.15) is 0 Å². The number of morpholine rings is 1. The quantitative estimate of drug-likeness (QED) is 0.796. The third kappa shape index (κ3) is 3.27. The molecule has 1 aliphatic carbocycles. The predicted molar refractivity (Wildman–Crippen MR) is 79.1 cm³/mol. The van der Waals surface area contributed by atoms with E-state index in [-0.39, 0.29) is 23.3 Å². The Hall–Kier alpha value is -0.200. The van der Waals surface area contributed by atoms with Gasteiger partial charge >= 0.3 is 0 Å². The Morgan fingerprint density at radius 2 is 1.57 bits per heavy atom. The van der Waals surface area contributed by atoms with Gasteiger partial charge in [0.15, 0.2) is 5.79 Å². The predicted octanol–water partition coefficient (Wildman–Crippen LogP) is 1.53. The maximum atomic E-state index is 10.5. The van der Waals surface area contributed by atoms with Gasteiger partial charge < -0.3 is 19.3 Å². The molecule has 2 unspecified atom stereocenters. The average molecular weight is 299 g/mol. The minimum Gasteiger partial charge on any atom is -0.391 e. The van der Waals surface area contributed by atoms with Crippen LogP contribution in [-0.4, -0.2) is 65.4 Å². The molecule has 1 N–H and O–H groups in total. The van der Waals surface area contributed by atoms with E-state index in [1.54, 1.807) is 0 Å². The van der Waals surface area contributed by atoms with Crippen molar-refractivity contribution in [3.63, 3.8) is 0 Å². The van der Waals surface area contributed by atoms with Crippen molar-refractivity contribution < 1.29 is 19.3 Å². The smallest absolute Gasteiger partial charge is 0.170 e. The maximum Gasteiger partial charge on any atom is 0.170 e. The highest BCUT2D eigenvalue weighted by molar-refractivity contribution is 4.98. The number of nitrogens with zero attached hydrogens (tertiary/aromatic N) is 1. The molecular formula is C16H29NO4. The molecule has 0 aromatic heterocycles. The molecule has 0 radical (unpaired) electrons. The Morgan fingerprint density at radius 3 is 2.14 bits per heavy atom. The fraction of sp³-hybridized carbons (Fsp3) is 1.00. The highest BCUT2D eigenvalue weighted by atomic mass is 16.7. The summed E-state index contributed by atoms with van der Waals surface area (Å²) < 4.78 is 17.9.